The minimum absolute atomic E-state index is 0.0884. The molecule has 1 aliphatic heterocycles. The van der Waals surface area contributed by atoms with Crippen LogP contribution >= 0.6 is 11.3 Å². The van der Waals surface area contributed by atoms with Crippen LogP contribution < -0.4 is 5.32 Å². The van der Waals surface area contributed by atoms with E-state index in [4.69, 9.17) is 0 Å². The molecule has 2 heterocycles. The number of aliphatic hydroxyl groups is 1. The molecule has 0 aromatic carbocycles. The zero-order valence-electron chi connectivity index (χ0n) is 10.4. The normalized spacial score (nSPS) is 18.5. The summed E-state index contributed by atoms with van der Waals surface area (Å²) in [6.45, 7) is 6.11. The van der Waals surface area contributed by atoms with Gasteiger partial charge in [0.2, 0.25) is 0 Å². The zero-order chi connectivity index (χ0) is 12.1. The lowest BCUT2D eigenvalue weighted by atomic mass is 10.1. The Hall–Kier alpha value is -0.650. The highest BCUT2D eigenvalue weighted by Gasteiger charge is 2.17. The molecule has 1 aromatic rings. The van der Waals surface area contributed by atoms with Gasteiger partial charge in [-0.2, -0.15) is 0 Å². The van der Waals surface area contributed by atoms with Crippen molar-refractivity contribution in [3.05, 3.63) is 11.1 Å². The van der Waals surface area contributed by atoms with E-state index in [-0.39, 0.29) is 6.10 Å². The molecule has 0 spiro atoms. The van der Waals surface area contributed by atoms with Crippen LogP contribution in [0.4, 0.5) is 5.13 Å². The lowest BCUT2D eigenvalue weighted by molar-refractivity contribution is 0.0797. The molecule has 0 atom stereocenters. The van der Waals surface area contributed by atoms with E-state index in [9.17, 15) is 5.11 Å². The predicted octanol–water partition coefficient (Wildman–Crippen LogP) is 1.92. The first kappa shape index (κ1) is 12.8. The van der Waals surface area contributed by atoms with Crippen LogP contribution in [0.3, 0.4) is 0 Å². The van der Waals surface area contributed by atoms with Crippen molar-refractivity contribution in [2.24, 2.45) is 0 Å². The molecule has 0 amide bonds. The van der Waals surface area contributed by atoms with Crippen LogP contribution in [0.1, 0.15) is 31.1 Å². The van der Waals surface area contributed by atoms with Crippen molar-refractivity contribution < 1.29 is 5.11 Å². The topological polar surface area (TPSA) is 48.4 Å². The number of nitrogens with one attached hydrogen (secondary N) is 1. The van der Waals surface area contributed by atoms with Gasteiger partial charge in [0.1, 0.15) is 0 Å². The number of rotatable bonds is 5. The molecule has 0 saturated carbocycles. The third kappa shape index (κ3) is 3.94. The Morgan fingerprint density at radius 2 is 2.29 bits per heavy atom. The first-order valence-electron chi connectivity index (χ1n) is 6.37. The zero-order valence-corrected chi connectivity index (χ0v) is 11.2. The van der Waals surface area contributed by atoms with Gasteiger partial charge in [-0.3, -0.25) is 4.90 Å². The standard InChI is InChI=1S/C12H21N3OS/c1-2-5-13-12-14-8-11(17-12)9-15-6-3-10(16)4-7-15/h8,10,16H,2-7,9H2,1H3,(H,13,14). The van der Waals surface area contributed by atoms with E-state index in [0.29, 0.717) is 0 Å². The van der Waals surface area contributed by atoms with Gasteiger partial charge in [0.15, 0.2) is 5.13 Å². The first-order chi connectivity index (χ1) is 8.28. The maximum absolute atomic E-state index is 9.45. The summed E-state index contributed by atoms with van der Waals surface area (Å²) >= 11 is 1.74. The highest BCUT2D eigenvalue weighted by Crippen LogP contribution is 2.21. The summed E-state index contributed by atoms with van der Waals surface area (Å²) < 4.78 is 0. The van der Waals surface area contributed by atoms with Crippen molar-refractivity contribution in [3.8, 4) is 0 Å². The number of hydrogen-bond acceptors (Lipinski definition) is 5. The molecule has 0 aliphatic carbocycles. The van der Waals surface area contributed by atoms with Gasteiger partial charge in [-0.05, 0) is 19.3 Å². The summed E-state index contributed by atoms with van der Waals surface area (Å²) in [5.41, 5.74) is 0. The molecule has 4 nitrogen and oxygen atoms in total. The molecule has 0 unspecified atom stereocenters. The monoisotopic (exact) mass is 255 g/mol. The summed E-state index contributed by atoms with van der Waals surface area (Å²) in [5, 5.41) is 13.8. The number of anilines is 1. The Balaban J connectivity index is 1.80. The van der Waals surface area contributed by atoms with Crippen LogP contribution in [-0.2, 0) is 6.54 Å². The SMILES string of the molecule is CCCNc1ncc(CN2CCC(O)CC2)s1. The highest BCUT2D eigenvalue weighted by molar-refractivity contribution is 7.15. The van der Waals surface area contributed by atoms with E-state index < -0.39 is 0 Å². The highest BCUT2D eigenvalue weighted by atomic mass is 32.1. The minimum atomic E-state index is -0.0884. The molecule has 2 rings (SSSR count). The second-order valence-corrected chi connectivity index (χ2v) is 5.68. The Bertz CT molecular complexity index is 334. The Kier molecular flexibility index (Phi) is 4.76. The maximum atomic E-state index is 9.45. The molecule has 17 heavy (non-hydrogen) atoms. The molecular formula is C12H21N3OS. The molecule has 1 aromatic heterocycles. The first-order valence-corrected chi connectivity index (χ1v) is 7.18. The Morgan fingerprint density at radius 3 is 3.00 bits per heavy atom. The van der Waals surface area contributed by atoms with E-state index in [1.807, 2.05) is 6.20 Å². The van der Waals surface area contributed by atoms with Gasteiger partial charge in [-0.25, -0.2) is 4.98 Å². The van der Waals surface area contributed by atoms with E-state index in [2.05, 4.69) is 22.1 Å². The fraction of sp³-hybridized carbons (Fsp3) is 0.750. The predicted molar refractivity (Wildman–Crippen MR) is 71.4 cm³/mol. The van der Waals surface area contributed by atoms with E-state index in [0.717, 1.165) is 50.6 Å². The number of thiazole rings is 1. The van der Waals surface area contributed by atoms with Gasteiger partial charge >= 0.3 is 0 Å². The van der Waals surface area contributed by atoms with Gasteiger partial charge in [0, 0.05) is 37.3 Å². The van der Waals surface area contributed by atoms with Gasteiger partial charge in [0.05, 0.1) is 6.10 Å². The number of aromatic nitrogens is 1. The molecule has 0 bridgehead atoms. The number of piperidine rings is 1. The van der Waals surface area contributed by atoms with E-state index in [1.54, 1.807) is 11.3 Å². The minimum Gasteiger partial charge on any atom is -0.393 e. The van der Waals surface area contributed by atoms with Crippen LogP contribution in [0.15, 0.2) is 6.20 Å². The van der Waals surface area contributed by atoms with Crippen LogP contribution in [0.2, 0.25) is 0 Å². The van der Waals surface area contributed by atoms with Crippen molar-refractivity contribution in [3.63, 3.8) is 0 Å². The molecule has 96 valence electrons. The summed E-state index contributed by atoms with van der Waals surface area (Å²) in [6.07, 6.45) is 4.81. The number of aliphatic hydroxyl groups excluding tert-OH is 1. The van der Waals surface area contributed by atoms with Crippen LogP contribution in [0, 0.1) is 0 Å². The smallest absolute Gasteiger partial charge is 0.182 e. The van der Waals surface area contributed by atoms with Crippen molar-refractivity contribution >= 4 is 16.5 Å². The van der Waals surface area contributed by atoms with Crippen LogP contribution in [0.25, 0.3) is 0 Å². The van der Waals surface area contributed by atoms with Crippen LogP contribution in [-0.4, -0.2) is 40.7 Å². The molecule has 5 heteroatoms. The van der Waals surface area contributed by atoms with Crippen LogP contribution in [0.5, 0.6) is 0 Å². The summed E-state index contributed by atoms with van der Waals surface area (Å²) in [6, 6.07) is 0. The van der Waals surface area contributed by atoms with Gasteiger partial charge in [0.25, 0.3) is 0 Å². The van der Waals surface area contributed by atoms with E-state index in [1.165, 1.54) is 4.88 Å². The summed E-state index contributed by atoms with van der Waals surface area (Å²) in [4.78, 5) is 8.06. The Labute approximate surface area is 107 Å². The molecule has 1 aliphatic rings. The molecule has 1 fully saturated rings. The second-order valence-electron chi connectivity index (χ2n) is 4.57. The third-order valence-electron chi connectivity index (χ3n) is 3.02. The summed E-state index contributed by atoms with van der Waals surface area (Å²) in [5.74, 6) is 0. The molecule has 1 saturated heterocycles. The summed E-state index contributed by atoms with van der Waals surface area (Å²) in [7, 11) is 0. The van der Waals surface area contributed by atoms with Crippen molar-refractivity contribution in [2.75, 3.05) is 25.0 Å². The van der Waals surface area contributed by atoms with Gasteiger partial charge < -0.3 is 10.4 Å². The number of hydrogen-bond donors (Lipinski definition) is 2. The fourth-order valence-electron chi connectivity index (χ4n) is 1.99. The van der Waals surface area contributed by atoms with Gasteiger partial charge in [-0.1, -0.05) is 6.92 Å². The van der Waals surface area contributed by atoms with Gasteiger partial charge in [-0.15, -0.1) is 11.3 Å². The Morgan fingerprint density at radius 1 is 1.53 bits per heavy atom. The number of likely N-dealkylation sites (tertiary alicyclic amines) is 1. The largest absolute Gasteiger partial charge is 0.393 e. The lowest BCUT2D eigenvalue weighted by Crippen LogP contribution is -2.35. The fourth-order valence-corrected chi connectivity index (χ4v) is 2.87. The quantitative estimate of drug-likeness (QED) is 0.844. The third-order valence-corrected chi connectivity index (χ3v) is 3.96. The maximum Gasteiger partial charge on any atom is 0.182 e. The van der Waals surface area contributed by atoms with Crippen molar-refractivity contribution in [1.82, 2.24) is 9.88 Å². The second kappa shape index (κ2) is 6.33. The number of nitrogens with zero attached hydrogens (tertiary/aromatic N) is 2. The van der Waals surface area contributed by atoms with Crippen molar-refractivity contribution in [1.29, 1.82) is 0 Å². The lowest BCUT2D eigenvalue weighted by Gasteiger charge is -2.28. The molecular weight excluding hydrogens is 234 g/mol. The average Bonchev–Trinajstić information content (AvgIpc) is 2.77. The van der Waals surface area contributed by atoms with Crippen molar-refractivity contribution in [2.45, 2.75) is 38.8 Å². The molecule has 2 N–H and O–H groups in total. The molecule has 0 radical (unpaired) electrons. The van der Waals surface area contributed by atoms with E-state index >= 15 is 0 Å². The average molecular weight is 255 g/mol.